The van der Waals surface area contributed by atoms with Crippen molar-refractivity contribution in [3.8, 4) is 21.8 Å². The number of benzene rings is 2. The Balaban J connectivity index is 1.54. The fourth-order valence-corrected chi connectivity index (χ4v) is 5.58. The van der Waals surface area contributed by atoms with E-state index in [1.807, 2.05) is 18.2 Å². The molecular weight excluding hydrogens is 407 g/mol. The van der Waals surface area contributed by atoms with E-state index in [4.69, 9.17) is 4.98 Å². The average molecular weight is 430 g/mol. The van der Waals surface area contributed by atoms with Crippen LogP contribution in [0.1, 0.15) is 23.3 Å². The van der Waals surface area contributed by atoms with E-state index in [0.29, 0.717) is 17.5 Å². The maximum absolute atomic E-state index is 13.5. The van der Waals surface area contributed by atoms with Gasteiger partial charge >= 0.3 is 6.18 Å². The molecule has 0 spiro atoms. The summed E-state index contributed by atoms with van der Waals surface area (Å²) in [4.78, 5) is 8.12. The van der Waals surface area contributed by atoms with E-state index in [-0.39, 0.29) is 5.56 Å². The van der Waals surface area contributed by atoms with E-state index >= 15 is 0 Å². The van der Waals surface area contributed by atoms with Crippen molar-refractivity contribution in [1.82, 2.24) is 10.3 Å². The zero-order valence-electron chi connectivity index (χ0n) is 16.4. The maximum Gasteiger partial charge on any atom is 0.417 e. The van der Waals surface area contributed by atoms with E-state index in [1.54, 1.807) is 6.07 Å². The van der Waals surface area contributed by atoms with Gasteiger partial charge in [-0.05, 0) is 44.0 Å². The molecule has 156 valence electrons. The molecule has 3 heterocycles. The smallest absolute Gasteiger partial charge is 0.365 e. The Kier molecular flexibility index (Phi) is 5.03. The lowest BCUT2D eigenvalue weighted by molar-refractivity contribution is -0.137. The molecule has 7 heteroatoms. The summed E-state index contributed by atoms with van der Waals surface area (Å²) in [5.41, 5.74) is 2.50. The minimum Gasteiger partial charge on any atom is -0.365 e. The third kappa shape index (κ3) is 3.61. The lowest BCUT2D eigenvalue weighted by Crippen LogP contribution is -2.37. The number of hydrogen-bond donors (Lipinski definition) is 1. The van der Waals surface area contributed by atoms with Gasteiger partial charge in [-0.25, -0.2) is 4.98 Å². The van der Waals surface area contributed by atoms with Crippen LogP contribution in [-0.2, 0) is 12.7 Å². The van der Waals surface area contributed by atoms with Crippen molar-refractivity contribution < 1.29 is 13.2 Å². The highest BCUT2D eigenvalue weighted by atomic mass is 32.1. The molecule has 0 amide bonds. The topological polar surface area (TPSA) is 28.2 Å². The number of fused-ring (bicyclic) bond motifs is 3. The van der Waals surface area contributed by atoms with Gasteiger partial charge in [0.25, 0.3) is 0 Å². The van der Waals surface area contributed by atoms with Gasteiger partial charge < -0.3 is 10.2 Å². The van der Waals surface area contributed by atoms with E-state index in [0.717, 1.165) is 60.4 Å². The van der Waals surface area contributed by atoms with Crippen LogP contribution in [0.2, 0.25) is 0 Å². The summed E-state index contributed by atoms with van der Waals surface area (Å²) >= 11 is 1.38. The SMILES string of the molecule is FC(F)(F)c1ccccc1-c1nc2c(s1)CN(CC1CCNCC1)c1ccccc1-2. The van der Waals surface area contributed by atoms with E-state index in [2.05, 4.69) is 16.3 Å². The number of thiazole rings is 1. The summed E-state index contributed by atoms with van der Waals surface area (Å²) < 4.78 is 40.6. The summed E-state index contributed by atoms with van der Waals surface area (Å²) in [6.07, 6.45) is -2.10. The molecule has 0 bridgehead atoms. The largest absolute Gasteiger partial charge is 0.417 e. The van der Waals surface area contributed by atoms with Crippen molar-refractivity contribution in [2.75, 3.05) is 24.5 Å². The second-order valence-corrected chi connectivity index (χ2v) is 9.01. The summed E-state index contributed by atoms with van der Waals surface area (Å²) in [6, 6.07) is 13.8. The van der Waals surface area contributed by atoms with Crippen LogP contribution in [0.5, 0.6) is 0 Å². The first kappa shape index (κ1) is 19.6. The van der Waals surface area contributed by atoms with Crippen LogP contribution in [0.3, 0.4) is 0 Å². The molecule has 0 saturated carbocycles. The highest BCUT2D eigenvalue weighted by Gasteiger charge is 2.35. The third-order valence-electron chi connectivity index (χ3n) is 5.93. The number of hydrogen-bond acceptors (Lipinski definition) is 4. The van der Waals surface area contributed by atoms with Gasteiger partial charge in [-0.15, -0.1) is 11.3 Å². The predicted molar refractivity (Wildman–Crippen MR) is 115 cm³/mol. The molecule has 2 aromatic carbocycles. The standard InChI is InChI=1S/C23H22F3N3S/c24-23(25,26)18-7-3-1-5-16(18)22-28-21-17-6-2-4-8-19(17)29(14-20(21)30-22)13-15-9-11-27-12-10-15/h1-8,15,27H,9-14H2. The summed E-state index contributed by atoms with van der Waals surface area (Å²) in [5.74, 6) is 0.624. The van der Waals surface area contributed by atoms with Crippen molar-refractivity contribution in [3.05, 3.63) is 59.0 Å². The van der Waals surface area contributed by atoms with E-state index < -0.39 is 11.7 Å². The van der Waals surface area contributed by atoms with Crippen LogP contribution in [0.4, 0.5) is 18.9 Å². The van der Waals surface area contributed by atoms with Crippen molar-refractivity contribution in [3.63, 3.8) is 0 Å². The van der Waals surface area contributed by atoms with Crippen molar-refractivity contribution in [1.29, 1.82) is 0 Å². The van der Waals surface area contributed by atoms with Crippen LogP contribution >= 0.6 is 11.3 Å². The maximum atomic E-state index is 13.5. The molecule has 0 unspecified atom stereocenters. The average Bonchev–Trinajstić information content (AvgIpc) is 3.18. The number of anilines is 1. The van der Waals surface area contributed by atoms with Gasteiger partial charge in [0.05, 0.1) is 22.7 Å². The molecule has 0 radical (unpaired) electrons. The summed E-state index contributed by atoms with van der Waals surface area (Å²) in [6.45, 7) is 3.75. The van der Waals surface area contributed by atoms with Crippen LogP contribution < -0.4 is 10.2 Å². The van der Waals surface area contributed by atoms with Crippen LogP contribution in [0.15, 0.2) is 48.5 Å². The number of rotatable bonds is 3. The minimum absolute atomic E-state index is 0.159. The Hall–Kier alpha value is -2.38. The molecule has 0 aliphatic carbocycles. The number of piperidine rings is 1. The zero-order valence-corrected chi connectivity index (χ0v) is 17.2. The molecule has 5 rings (SSSR count). The molecule has 3 nitrogen and oxygen atoms in total. The fourth-order valence-electron chi connectivity index (χ4n) is 4.45. The Labute approximate surface area is 177 Å². The van der Waals surface area contributed by atoms with Crippen molar-refractivity contribution in [2.24, 2.45) is 5.92 Å². The van der Waals surface area contributed by atoms with Crippen LogP contribution in [0.25, 0.3) is 21.8 Å². The lowest BCUT2D eigenvalue weighted by atomic mass is 9.95. The molecule has 3 aromatic rings. The first-order chi connectivity index (χ1) is 14.5. The van der Waals surface area contributed by atoms with Gasteiger partial charge in [0.1, 0.15) is 5.01 Å². The monoisotopic (exact) mass is 429 g/mol. The molecule has 1 N–H and O–H groups in total. The van der Waals surface area contributed by atoms with Gasteiger partial charge in [-0.2, -0.15) is 13.2 Å². The van der Waals surface area contributed by atoms with E-state index in [9.17, 15) is 13.2 Å². The van der Waals surface area contributed by atoms with Gasteiger partial charge in [0, 0.05) is 23.4 Å². The van der Waals surface area contributed by atoms with Crippen molar-refractivity contribution >= 4 is 17.0 Å². The first-order valence-electron chi connectivity index (χ1n) is 10.2. The Bertz CT molecular complexity index is 1050. The first-order valence-corrected chi connectivity index (χ1v) is 11.0. The molecule has 1 saturated heterocycles. The Morgan fingerprint density at radius 3 is 2.47 bits per heavy atom. The molecular formula is C23H22F3N3S. The highest BCUT2D eigenvalue weighted by Crippen LogP contribution is 2.45. The quantitative estimate of drug-likeness (QED) is 0.569. The number of aromatic nitrogens is 1. The number of nitrogens with one attached hydrogen (secondary N) is 1. The second kappa shape index (κ2) is 7.71. The molecule has 1 aromatic heterocycles. The van der Waals surface area contributed by atoms with Crippen LogP contribution in [-0.4, -0.2) is 24.6 Å². The number of nitrogens with zero attached hydrogens (tertiary/aromatic N) is 2. The lowest BCUT2D eigenvalue weighted by Gasteiger charge is -2.35. The minimum atomic E-state index is -4.40. The number of para-hydroxylation sites is 1. The molecule has 2 aliphatic heterocycles. The summed E-state index contributed by atoms with van der Waals surface area (Å²) in [5, 5.41) is 3.84. The van der Waals surface area contributed by atoms with Gasteiger partial charge in [-0.3, -0.25) is 0 Å². The number of halogens is 3. The number of alkyl halides is 3. The fraction of sp³-hybridized carbons (Fsp3) is 0.348. The molecule has 1 fully saturated rings. The van der Waals surface area contributed by atoms with E-state index in [1.165, 1.54) is 23.5 Å². The molecule has 2 aliphatic rings. The Morgan fingerprint density at radius 2 is 1.70 bits per heavy atom. The second-order valence-electron chi connectivity index (χ2n) is 7.93. The third-order valence-corrected chi connectivity index (χ3v) is 7.01. The van der Waals surface area contributed by atoms with Crippen molar-refractivity contribution in [2.45, 2.75) is 25.6 Å². The van der Waals surface area contributed by atoms with Gasteiger partial charge in [-0.1, -0.05) is 36.4 Å². The Morgan fingerprint density at radius 1 is 1.00 bits per heavy atom. The van der Waals surface area contributed by atoms with Gasteiger partial charge in [0.15, 0.2) is 0 Å². The van der Waals surface area contributed by atoms with Crippen LogP contribution in [0, 0.1) is 5.92 Å². The normalized spacial score (nSPS) is 17.0. The predicted octanol–water partition coefficient (Wildman–Crippen LogP) is 5.82. The molecule has 30 heavy (non-hydrogen) atoms. The summed E-state index contributed by atoms with van der Waals surface area (Å²) in [7, 11) is 0. The van der Waals surface area contributed by atoms with Gasteiger partial charge in [0.2, 0.25) is 0 Å². The zero-order chi connectivity index (χ0) is 20.7. The highest BCUT2D eigenvalue weighted by molar-refractivity contribution is 7.15. The molecule has 0 atom stereocenters.